The summed E-state index contributed by atoms with van der Waals surface area (Å²) in [6, 6.07) is 15.3. The number of fused-ring (bicyclic) bond motifs is 1. The van der Waals surface area contributed by atoms with Crippen molar-refractivity contribution in [2.75, 3.05) is 4.90 Å². The maximum absolute atomic E-state index is 13.3. The quantitative estimate of drug-likeness (QED) is 0.478. The normalized spacial score (nSPS) is 18.1. The number of nitro groups is 1. The molecule has 0 N–H and O–H groups in total. The van der Waals surface area contributed by atoms with E-state index in [1.165, 1.54) is 29.4 Å². The number of nitrogens with zero attached hydrogens (tertiary/aromatic N) is 2. The van der Waals surface area contributed by atoms with Crippen LogP contribution in [0.2, 0.25) is 0 Å². The van der Waals surface area contributed by atoms with Gasteiger partial charge in [0.05, 0.1) is 34.7 Å². The van der Waals surface area contributed by atoms with Gasteiger partial charge in [0.1, 0.15) is 11.0 Å². The minimum atomic E-state index is -3.86. The molecule has 1 atom stereocenters. The number of para-hydroxylation sites is 1. The van der Waals surface area contributed by atoms with Crippen molar-refractivity contribution in [2.24, 2.45) is 0 Å². The van der Waals surface area contributed by atoms with Gasteiger partial charge in [-0.2, -0.15) is 0 Å². The number of carbonyl (C=O) groups is 1. The number of furan rings is 1. The first kappa shape index (κ1) is 18.9. The lowest BCUT2D eigenvalue weighted by atomic mass is 10.1. The number of hydrogen-bond acceptors (Lipinski definition) is 6. The van der Waals surface area contributed by atoms with Gasteiger partial charge < -0.3 is 9.32 Å². The largest absolute Gasteiger partial charge is 0.468 e. The van der Waals surface area contributed by atoms with Crippen LogP contribution >= 0.6 is 0 Å². The summed E-state index contributed by atoms with van der Waals surface area (Å²) in [4.78, 5) is 24.9. The van der Waals surface area contributed by atoms with E-state index in [1.54, 1.807) is 42.5 Å². The highest BCUT2D eigenvalue weighted by Gasteiger charge is 2.40. The van der Waals surface area contributed by atoms with Crippen molar-refractivity contribution in [1.82, 2.24) is 0 Å². The van der Waals surface area contributed by atoms with Crippen molar-refractivity contribution < 1.29 is 22.6 Å². The lowest BCUT2D eigenvalue weighted by molar-refractivity contribution is -0.384. The zero-order chi connectivity index (χ0) is 20.6. The van der Waals surface area contributed by atoms with E-state index in [4.69, 9.17) is 4.42 Å². The van der Waals surface area contributed by atoms with E-state index in [-0.39, 0.29) is 40.9 Å². The van der Waals surface area contributed by atoms with Crippen molar-refractivity contribution in [3.05, 3.63) is 88.4 Å². The third-order valence-electron chi connectivity index (χ3n) is 4.85. The number of rotatable bonds is 4. The fraction of sp³-hybridized carbons (Fsp3) is 0.150. The summed E-state index contributed by atoms with van der Waals surface area (Å²) in [5.41, 5.74) is 0.870. The maximum Gasteiger partial charge on any atom is 0.269 e. The van der Waals surface area contributed by atoms with E-state index in [1.807, 2.05) is 0 Å². The molecule has 1 aliphatic heterocycles. The van der Waals surface area contributed by atoms with Crippen LogP contribution in [0.15, 0.2) is 76.2 Å². The molecule has 3 aromatic rings. The van der Waals surface area contributed by atoms with E-state index in [0.717, 1.165) is 0 Å². The maximum atomic E-state index is 13.3. The van der Waals surface area contributed by atoms with Crippen LogP contribution in [-0.4, -0.2) is 19.2 Å². The molecule has 0 radical (unpaired) electrons. The summed E-state index contributed by atoms with van der Waals surface area (Å²) in [5, 5.41) is 9.73. The van der Waals surface area contributed by atoms with Crippen molar-refractivity contribution >= 4 is 27.1 Å². The second kappa shape index (κ2) is 7.17. The number of anilines is 1. The molecule has 4 rings (SSSR count). The molecule has 1 unspecified atom stereocenters. The van der Waals surface area contributed by atoms with E-state index in [0.29, 0.717) is 5.56 Å². The first-order valence-electron chi connectivity index (χ1n) is 8.78. The second-order valence-corrected chi connectivity index (χ2v) is 8.72. The Hall–Kier alpha value is -3.46. The van der Waals surface area contributed by atoms with Crippen LogP contribution in [0.5, 0.6) is 0 Å². The summed E-state index contributed by atoms with van der Waals surface area (Å²) in [7, 11) is -3.86. The average molecular weight is 412 g/mol. The predicted molar refractivity (Wildman–Crippen MR) is 104 cm³/mol. The molecule has 0 saturated heterocycles. The number of benzene rings is 2. The fourth-order valence-electron chi connectivity index (χ4n) is 3.39. The van der Waals surface area contributed by atoms with Gasteiger partial charge in [0.15, 0.2) is 9.84 Å². The van der Waals surface area contributed by atoms with Gasteiger partial charge in [-0.1, -0.05) is 24.3 Å². The molecule has 1 aromatic heterocycles. The molecule has 9 heteroatoms. The Labute approximate surface area is 166 Å². The lowest BCUT2D eigenvalue weighted by Crippen LogP contribution is -2.30. The highest BCUT2D eigenvalue weighted by Crippen LogP contribution is 2.41. The van der Waals surface area contributed by atoms with Gasteiger partial charge in [-0.15, -0.1) is 0 Å². The molecule has 2 aromatic carbocycles. The van der Waals surface area contributed by atoms with Crippen LogP contribution in [0.25, 0.3) is 0 Å². The van der Waals surface area contributed by atoms with E-state index >= 15 is 0 Å². The highest BCUT2D eigenvalue weighted by molar-refractivity contribution is 7.91. The van der Waals surface area contributed by atoms with Crippen LogP contribution in [0.4, 0.5) is 11.4 Å². The molecule has 8 nitrogen and oxygen atoms in total. The Bertz CT molecular complexity index is 1170. The third kappa shape index (κ3) is 3.40. The summed E-state index contributed by atoms with van der Waals surface area (Å²) in [6.07, 6.45) is 1.11. The number of sulfone groups is 1. The molecule has 0 saturated carbocycles. The predicted octanol–water partition coefficient (Wildman–Crippen LogP) is 3.64. The number of carbonyl (C=O) groups excluding carboxylic acids is 1. The Balaban J connectivity index is 1.77. The summed E-state index contributed by atoms with van der Waals surface area (Å²) >= 11 is 0. The summed E-state index contributed by atoms with van der Waals surface area (Å²) in [6.45, 7) is 0.0915. The van der Waals surface area contributed by atoms with Gasteiger partial charge in [0.2, 0.25) is 5.91 Å². The standard InChI is InChI=1S/C20H16N2O6S/c23-20-12-19(17-5-3-11-28-17)29(26,27)18-6-2-1-4-16(18)21(20)13-14-7-9-15(10-8-14)22(24)25/h1-11,19H,12-13H2. The monoisotopic (exact) mass is 412 g/mol. The molecule has 0 aliphatic carbocycles. The van der Waals surface area contributed by atoms with Gasteiger partial charge >= 0.3 is 0 Å². The number of hydrogen-bond donors (Lipinski definition) is 0. The molecule has 0 fully saturated rings. The van der Waals surface area contributed by atoms with E-state index < -0.39 is 20.0 Å². The van der Waals surface area contributed by atoms with Crippen LogP contribution < -0.4 is 4.90 Å². The molecule has 2 heterocycles. The SMILES string of the molecule is O=C1CC(c2ccco2)S(=O)(=O)c2ccccc2N1Cc1ccc([N+](=O)[O-])cc1. The Morgan fingerprint density at radius 1 is 1.07 bits per heavy atom. The van der Waals surface area contributed by atoms with Gasteiger partial charge in [0, 0.05) is 12.1 Å². The minimum Gasteiger partial charge on any atom is -0.468 e. The fourth-order valence-corrected chi connectivity index (χ4v) is 5.24. The van der Waals surface area contributed by atoms with Gasteiger partial charge in [-0.25, -0.2) is 8.42 Å². The Morgan fingerprint density at radius 3 is 2.45 bits per heavy atom. The average Bonchev–Trinajstić information content (AvgIpc) is 3.22. The van der Waals surface area contributed by atoms with E-state index in [2.05, 4.69) is 0 Å². The van der Waals surface area contributed by atoms with Crippen LogP contribution in [0, 0.1) is 10.1 Å². The zero-order valence-electron chi connectivity index (χ0n) is 15.1. The number of non-ortho nitro benzene ring substituents is 1. The van der Waals surface area contributed by atoms with Crippen LogP contribution in [0.3, 0.4) is 0 Å². The molecule has 1 aliphatic rings. The Kier molecular flexibility index (Phi) is 4.67. The number of amides is 1. The molecule has 29 heavy (non-hydrogen) atoms. The summed E-state index contributed by atoms with van der Waals surface area (Å²) in [5.74, 6) is -0.163. The molecule has 1 amide bonds. The van der Waals surface area contributed by atoms with Gasteiger partial charge in [0.25, 0.3) is 5.69 Å². The first-order chi connectivity index (χ1) is 13.9. The molecule has 0 spiro atoms. The van der Waals surface area contributed by atoms with Gasteiger partial charge in [-0.3, -0.25) is 14.9 Å². The number of nitro benzene ring substituents is 1. The van der Waals surface area contributed by atoms with Crippen LogP contribution in [0.1, 0.15) is 23.0 Å². The zero-order valence-corrected chi connectivity index (χ0v) is 15.9. The molecule has 0 bridgehead atoms. The molecular formula is C20H16N2O6S. The van der Waals surface area contributed by atoms with Crippen molar-refractivity contribution in [3.8, 4) is 0 Å². The van der Waals surface area contributed by atoms with Crippen LogP contribution in [-0.2, 0) is 21.2 Å². The second-order valence-electron chi connectivity index (χ2n) is 6.62. The lowest BCUT2D eigenvalue weighted by Gasteiger charge is -2.22. The molecule has 148 valence electrons. The van der Waals surface area contributed by atoms with Crippen molar-refractivity contribution in [2.45, 2.75) is 23.1 Å². The molecular weight excluding hydrogens is 396 g/mol. The van der Waals surface area contributed by atoms with E-state index in [9.17, 15) is 23.3 Å². The van der Waals surface area contributed by atoms with Crippen molar-refractivity contribution in [3.63, 3.8) is 0 Å². The smallest absolute Gasteiger partial charge is 0.269 e. The topological polar surface area (TPSA) is 111 Å². The first-order valence-corrected chi connectivity index (χ1v) is 10.3. The minimum absolute atomic E-state index is 0.0501. The summed E-state index contributed by atoms with van der Waals surface area (Å²) < 4.78 is 31.8. The van der Waals surface area contributed by atoms with Crippen molar-refractivity contribution in [1.29, 1.82) is 0 Å². The highest BCUT2D eigenvalue weighted by atomic mass is 32.2. The van der Waals surface area contributed by atoms with Gasteiger partial charge in [-0.05, 0) is 29.8 Å². The third-order valence-corrected chi connectivity index (χ3v) is 6.95. The Morgan fingerprint density at radius 2 is 1.79 bits per heavy atom.